The molecule has 0 saturated heterocycles. The number of nitrogens with one attached hydrogen (secondary N) is 2. The third kappa shape index (κ3) is 1.93. The van der Waals surface area contributed by atoms with Gasteiger partial charge >= 0.3 is 0 Å². The highest BCUT2D eigenvalue weighted by Crippen LogP contribution is 2.44. The second-order valence-corrected chi connectivity index (χ2v) is 6.06. The van der Waals surface area contributed by atoms with E-state index < -0.39 is 0 Å². The quantitative estimate of drug-likeness (QED) is 0.803. The maximum Gasteiger partial charge on any atom is 0.204 e. The monoisotopic (exact) mass is 245 g/mol. The summed E-state index contributed by atoms with van der Waals surface area (Å²) in [4.78, 5) is 0. The molecular formula is C9H15N3OS2. The van der Waals surface area contributed by atoms with Gasteiger partial charge in [0.25, 0.3) is 0 Å². The van der Waals surface area contributed by atoms with E-state index in [1.165, 1.54) is 11.3 Å². The molecule has 1 aromatic heterocycles. The number of nitrogens with zero attached hydrogens (tertiary/aromatic N) is 1. The molecule has 0 bridgehead atoms. The van der Waals surface area contributed by atoms with Gasteiger partial charge in [-0.05, 0) is 18.6 Å². The number of anilines is 1. The molecule has 2 atom stereocenters. The Bertz CT molecular complexity index is 398. The molecule has 2 unspecified atom stereocenters. The van der Waals surface area contributed by atoms with Gasteiger partial charge < -0.3 is 10.1 Å². The molecule has 4 nitrogen and oxygen atoms in total. The lowest BCUT2D eigenvalue weighted by Gasteiger charge is -2.51. The number of rotatable bonds is 3. The molecule has 1 heterocycles. The zero-order chi connectivity index (χ0) is 11.1. The molecule has 0 radical (unpaired) electrons. The van der Waals surface area contributed by atoms with Crippen LogP contribution in [0.4, 0.5) is 5.13 Å². The number of hydrogen-bond donors (Lipinski definition) is 2. The summed E-state index contributed by atoms with van der Waals surface area (Å²) >= 11 is 6.45. The number of methoxy groups -OCH3 is 1. The Kier molecular flexibility index (Phi) is 2.83. The van der Waals surface area contributed by atoms with E-state index in [9.17, 15) is 0 Å². The van der Waals surface area contributed by atoms with Crippen molar-refractivity contribution in [1.82, 2.24) is 10.2 Å². The summed E-state index contributed by atoms with van der Waals surface area (Å²) in [7, 11) is 1.77. The zero-order valence-electron chi connectivity index (χ0n) is 9.03. The van der Waals surface area contributed by atoms with Crippen LogP contribution >= 0.6 is 23.6 Å². The highest BCUT2D eigenvalue weighted by molar-refractivity contribution is 7.73. The lowest BCUT2D eigenvalue weighted by Crippen LogP contribution is -2.57. The topological polar surface area (TPSA) is 49.9 Å². The Labute approximate surface area is 98.1 Å². The Morgan fingerprint density at radius 3 is 2.87 bits per heavy atom. The Morgan fingerprint density at radius 1 is 1.67 bits per heavy atom. The van der Waals surface area contributed by atoms with Crippen molar-refractivity contribution in [1.29, 1.82) is 0 Å². The fraction of sp³-hybridized carbons (Fsp3) is 0.778. The first-order valence-corrected chi connectivity index (χ1v) is 6.11. The Balaban J connectivity index is 2.01. The molecule has 1 fully saturated rings. The maximum atomic E-state index is 5.39. The van der Waals surface area contributed by atoms with Crippen molar-refractivity contribution in [2.75, 3.05) is 12.4 Å². The summed E-state index contributed by atoms with van der Waals surface area (Å²) < 4.78 is 6.10. The highest BCUT2D eigenvalue weighted by atomic mass is 32.1. The third-order valence-electron chi connectivity index (χ3n) is 3.20. The van der Waals surface area contributed by atoms with Crippen LogP contribution in [-0.2, 0) is 4.74 Å². The lowest BCUT2D eigenvalue weighted by molar-refractivity contribution is -0.0794. The molecule has 1 aromatic rings. The van der Waals surface area contributed by atoms with E-state index in [0.29, 0.717) is 16.1 Å². The molecular weight excluding hydrogens is 230 g/mol. The van der Waals surface area contributed by atoms with Crippen LogP contribution < -0.4 is 5.32 Å². The van der Waals surface area contributed by atoms with E-state index in [2.05, 4.69) is 29.4 Å². The minimum Gasteiger partial charge on any atom is -0.381 e. The Hall–Kier alpha value is -0.460. The summed E-state index contributed by atoms with van der Waals surface area (Å²) in [6.45, 7) is 4.41. The first-order chi connectivity index (χ1) is 7.04. The normalized spacial score (nSPS) is 28.5. The summed E-state index contributed by atoms with van der Waals surface area (Å²) in [5.74, 6) is 0. The summed E-state index contributed by atoms with van der Waals surface area (Å²) in [6.07, 6.45) is 1.36. The van der Waals surface area contributed by atoms with Gasteiger partial charge in [0.2, 0.25) is 5.13 Å². The van der Waals surface area contributed by atoms with Gasteiger partial charge in [-0.25, -0.2) is 0 Å². The van der Waals surface area contributed by atoms with Gasteiger partial charge in [0, 0.05) is 18.6 Å². The van der Waals surface area contributed by atoms with Crippen molar-refractivity contribution in [2.45, 2.75) is 32.4 Å². The first-order valence-electron chi connectivity index (χ1n) is 4.89. The third-order valence-corrected chi connectivity index (χ3v) is 4.22. The fourth-order valence-corrected chi connectivity index (χ4v) is 2.81. The first kappa shape index (κ1) is 11.0. The van der Waals surface area contributed by atoms with Gasteiger partial charge in [0.1, 0.15) is 0 Å². The van der Waals surface area contributed by atoms with E-state index in [4.69, 9.17) is 17.0 Å². The second-order valence-electron chi connectivity index (χ2n) is 4.40. The molecule has 2 N–H and O–H groups in total. The van der Waals surface area contributed by atoms with Crippen LogP contribution in [0.1, 0.15) is 20.3 Å². The average Bonchev–Trinajstić information content (AvgIpc) is 2.58. The van der Waals surface area contributed by atoms with Crippen LogP contribution in [0, 0.1) is 9.37 Å². The second kappa shape index (κ2) is 3.84. The molecule has 6 heteroatoms. The number of hydrogen-bond acceptors (Lipinski definition) is 5. The van der Waals surface area contributed by atoms with Crippen molar-refractivity contribution in [3.8, 4) is 0 Å². The van der Waals surface area contributed by atoms with Crippen LogP contribution in [0.5, 0.6) is 0 Å². The smallest absolute Gasteiger partial charge is 0.204 e. The van der Waals surface area contributed by atoms with E-state index in [1.807, 2.05) is 0 Å². The number of aromatic nitrogens is 2. The van der Waals surface area contributed by atoms with Gasteiger partial charge in [-0.3, -0.25) is 5.10 Å². The summed E-state index contributed by atoms with van der Waals surface area (Å²) in [6, 6.07) is 0.413. The number of aromatic amines is 1. The molecule has 1 aliphatic rings. The molecule has 0 aliphatic heterocycles. The zero-order valence-corrected chi connectivity index (χ0v) is 10.7. The van der Waals surface area contributed by atoms with E-state index in [1.54, 1.807) is 7.11 Å². The van der Waals surface area contributed by atoms with Crippen molar-refractivity contribution >= 4 is 28.7 Å². The Morgan fingerprint density at radius 2 is 2.40 bits per heavy atom. The fourth-order valence-electron chi connectivity index (χ4n) is 1.97. The molecule has 84 valence electrons. The minimum absolute atomic E-state index is 0.155. The van der Waals surface area contributed by atoms with E-state index >= 15 is 0 Å². The molecule has 1 aliphatic carbocycles. The van der Waals surface area contributed by atoms with Crippen molar-refractivity contribution in [2.24, 2.45) is 5.41 Å². The molecule has 1 saturated carbocycles. The summed E-state index contributed by atoms with van der Waals surface area (Å²) in [5, 5.41) is 11.1. The van der Waals surface area contributed by atoms with Crippen LogP contribution in [0.15, 0.2) is 0 Å². The van der Waals surface area contributed by atoms with Gasteiger partial charge in [-0.15, -0.1) is 5.10 Å². The van der Waals surface area contributed by atoms with Crippen molar-refractivity contribution < 1.29 is 4.74 Å². The molecule has 0 spiro atoms. The van der Waals surface area contributed by atoms with Crippen molar-refractivity contribution in [3.63, 3.8) is 0 Å². The molecule has 2 rings (SSSR count). The van der Waals surface area contributed by atoms with Gasteiger partial charge in [-0.1, -0.05) is 25.2 Å². The summed E-state index contributed by atoms with van der Waals surface area (Å²) in [5.41, 5.74) is 0.155. The van der Waals surface area contributed by atoms with Crippen LogP contribution in [0.25, 0.3) is 0 Å². The highest BCUT2D eigenvalue weighted by Gasteiger charge is 2.48. The van der Waals surface area contributed by atoms with Gasteiger partial charge in [0.05, 0.1) is 6.10 Å². The van der Waals surface area contributed by atoms with Crippen molar-refractivity contribution in [3.05, 3.63) is 3.95 Å². The molecule has 0 aromatic carbocycles. The van der Waals surface area contributed by atoms with Crippen LogP contribution in [0.2, 0.25) is 0 Å². The van der Waals surface area contributed by atoms with Crippen LogP contribution in [0.3, 0.4) is 0 Å². The number of H-pyrrole nitrogens is 1. The predicted octanol–water partition coefficient (Wildman–Crippen LogP) is 2.43. The number of ether oxygens (including phenoxy) is 1. The van der Waals surface area contributed by atoms with Gasteiger partial charge in [-0.2, -0.15) is 0 Å². The average molecular weight is 245 g/mol. The van der Waals surface area contributed by atoms with Crippen LogP contribution in [-0.4, -0.2) is 29.5 Å². The van der Waals surface area contributed by atoms with E-state index in [-0.39, 0.29) is 5.41 Å². The largest absolute Gasteiger partial charge is 0.381 e. The predicted molar refractivity (Wildman–Crippen MR) is 63.9 cm³/mol. The standard InChI is InChI=1S/C9H15N3OS2/c1-9(2)5(4-6(9)13-3)10-7-11-12-8(14)15-7/h5-6H,4H2,1-3H3,(H,10,11)(H,12,14). The minimum atomic E-state index is 0.155. The van der Waals surface area contributed by atoms with Gasteiger partial charge in [0.15, 0.2) is 3.95 Å². The van der Waals surface area contributed by atoms with E-state index in [0.717, 1.165) is 11.6 Å². The maximum absolute atomic E-state index is 5.39. The SMILES string of the molecule is COC1CC(Nc2n[nH]c(=S)s2)C1(C)C. The lowest BCUT2D eigenvalue weighted by atomic mass is 9.64. The molecule has 15 heavy (non-hydrogen) atoms. The molecule has 0 amide bonds.